The van der Waals surface area contributed by atoms with Crippen LogP contribution in [0.2, 0.25) is 0 Å². The zero-order chi connectivity index (χ0) is 58.3. The van der Waals surface area contributed by atoms with Gasteiger partial charge in [0.1, 0.15) is 5.60 Å². The van der Waals surface area contributed by atoms with E-state index in [-0.39, 0.29) is 17.1 Å². The quantitative estimate of drug-likeness (QED) is 0.124. The van der Waals surface area contributed by atoms with Crippen molar-refractivity contribution in [2.75, 3.05) is 25.5 Å². The van der Waals surface area contributed by atoms with Crippen LogP contribution >= 0.6 is 15.9 Å². The van der Waals surface area contributed by atoms with Crippen LogP contribution in [-0.4, -0.2) is 89.7 Å². The number of hydrogen-bond donors (Lipinski definition) is 2. The summed E-state index contributed by atoms with van der Waals surface area (Å²) in [5.74, 6) is -38.6. The lowest BCUT2D eigenvalue weighted by molar-refractivity contribution is -0.457. The van der Waals surface area contributed by atoms with E-state index in [1.54, 1.807) is 31.3 Å². The van der Waals surface area contributed by atoms with Crippen molar-refractivity contribution >= 4 is 27.4 Å². The molecule has 22 heteroatoms. The van der Waals surface area contributed by atoms with E-state index in [0.29, 0.717) is 34.2 Å². The number of ketones is 1. The van der Waals surface area contributed by atoms with Gasteiger partial charge in [-0.3, -0.25) is 4.79 Å². The first-order valence-electron chi connectivity index (χ1n) is 27.0. The minimum absolute atomic E-state index is 0.221. The van der Waals surface area contributed by atoms with Gasteiger partial charge in [0, 0.05) is 43.6 Å². The van der Waals surface area contributed by atoms with Crippen LogP contribution in [0.1, 0.15) is 160 Å². The molecule has 1 saturated heterocycles. The fourth-order valence-electron chi connectivity index (χ4n) is 13.9. The Morgan fingerprint density at radius 2 is 1.19 bits per heavy atom. The maximum absolute atomic E-state index is 12.9. The van der Waals surface area contributed by atoms with Crippen LogP contribution in [0.25, 0.3) is 0 Å². The minimum Gasteiger partial charge on any atom is -0.378 e. The zero-order valence-electron chi connectivity index (χ0n) is 44.1. The third kappa shape index (κ3) is 11.9. The Kier molecular flexibility index (Phi) is 19.4. The minimum atomic E-state index is -8.58. The number of nitrogens with zero attached hydrogens (tertiary/aromatic N) is 1. The maximum Gasteiger partial charge on any atom is 0.460 e. The molecule has 0 aromatic heterocycles. The van der Waals surface area contributed by atoms with Crippen LogP contribution in [0.5, 0.6) is 0 Å². The standard InChI is InChI=1S/C29H35NO2.C19H35N.C8BrF17/c1-5-15-29(32)16-14-26-24-12-8-20-17-22(31)11-13-23(20)27(24)25(18-28(26,29)2)19-6-9-21(10-7-19)30(3)4;1-3-9-16(10-4-1)19(17-11-5-2-6-12-17)15-18-13-7-8-14-20-18;9-7(22,23)5(18,19)3(14,15)1(10,11)2(12,13)4(16,17)6(20,21)8(24,25)26/h6-7,9-10,17,24-26,32H,8,11-14,16,18H2,1-4H3;16-20H,1-15H2;/t24-,25+,26-,28-,29-;;/m0../s1. The van der Waals surface area contributed by atoms with E-state index in [4.69, 9.17) is 0 Å². The topological polar surface area (TPSA) is 52.6 Å². The van der Waals surface area contributed by atoms with Crippen molar-refractivity contribution in [3.63, 3.8) is 0 Å². The summed E-state index contributed by atoms with van der Waals surface area (Å²) in [6.45, 7) is 5.43. The lowest BCUT2D eigenvalue weighted by Gasteiger charge is -2.53. The second-order valence-corrected chi connectivity index (χ2v) is 24.0. The molecule has 0 bridgehead atoms. The Balaban J connectivity index is 0.000000195. The number of allylic oxidation sites excluding steroid dienone is 4. The molecule has 0 amide bonds. The van der Waals surface area contributed by atoms with Gasteiger partial charge in [-0.25, -0.2) is 0 Å². The summed E-state index contributed by atoms with van der Waals surface area (Å²) in [5, 5.41) is 15.6. The summed E-state index contributed by atoms with van der Waals surface area (Å²) in [6.07, 6.45) is 21.6. The smallest absolute Gasteiger partial charge is 0.378 e. The molecule has 6 atom stereocenters. The number of alkyl halides is 18. The summed E-state index contributed by atoms with van der Waals surface area (Å²) in [7, 11) is 4.14. The highest BCUT2D eigenvalue weighted by atomic mass is 79.9. The fourth-order valence-corrected chi connectivity index (χ4v) is 14.1. The van der Waals surface area contributed by atoms with Crippen molar-refractivity contribution in [1.29, 1.82) is 0 Å². The molecule has 8 rings (SSSR count). The molecule has 4 nitrogen and oxygen atoms in total. The van der Waals surface area contributed by atoms with Gasteiger partial charge in [-0.1, -0.05) is 101 Å². The Labute approximate surface area is 453 Å². The van der Waals surface area contributed by atoms with Gasteiger partial charge < -0.3 is 15.3 Å². The molecule has 1 heterocycles. The summed E-state index contributed by atoms with van der Waals surface area (Å²) >= 11 is 0.360. The highest BCUT2D eigenvalue weighted by Gasteiger charge is 2.95. The van der Waals surface area contributed by atoms with Crippen molar-refractivity contribution in [2.24, 2.45) is 35.0 Å². The Bertz CT molecular complexity index is 2290. The molecule has 7 aliphatic rings. The number of aliphatic hydroxyl groups is 1. The Hall–Kier alpha value is -3.06. The molecule has 4 saturated carbocycles. The van der Waals surface area contributed by atoms with Crippen LogP contribution in [0.4, 0.5) is 80.3 Å². The normalized spacial score (nSPS) is 28.2. The van der Waals surface area contributed by atoms with Gasteiger partial charge in [-0.2, -0.15) is 74.6 Å². The number of anilines is 1. The van der Waals surface area contributed by atoms with Crippen LogP contribution < -0.4 is 10.2 Å². The van der Waals surface area contributed by atoms with Crippen molar-refractivity contribution in [3.05, 3.63) is 52.6 Å². The highest BCUT2D eigenvalue weighted by molar-refractivity contribution is 9.10. The number of nitrogens with one attached hydrogen (secondary N) is 1. The van der Waals surface area contributed by atoms with Crippen LogP contribution in [0.15, 0.2) is 47.1 Å². The van der Waals surface area contributed by atoms with Crippen LogP contribution in [0, 0.1) is 46.8 Å². The molecule has 442 valence electrons. The van der Waals surface area contributed by atoms with E-state index in [0.717, 1.165) is 62.3 Å². The third-order valence-electron chi connectivity index (χ3n) is 18.2. The SMILES string of the molecule is C1CCC(C(CC2CCCCN2)C2CCCCC2)CC1.CC#C[C@]1(O)CC[C@H]2[C@@H]3CCC4=CC(=O)CCC4=C3[C@@H](c3ccc(N(C)C)cc3)C[C@@]21C.FC(F)(F)C(F)(F)C(F)(F)C(F)(F)C(F)(F)C(F)(F)C(F)(F)C(F)(F)Br. The van der Waals surface area contributed by atoms with Crippen molar-refractivity contribution in [1.82, 2.24) is 5.32 Å². The first-order chi connectivity index (χ1) is 36.0. The van der Waals surface area contributed by atoms with Crippen molar-refractivity contribution in [2.45, 2.75) is 213 Å². The summed E-state index contributed by atoms with van der Waals surface area (Å²) in [6, 6.07) is 9.83. The highest BCUT2D eigenvalue weighted by Crippen LogP contribution is 2.68. The van der Waals surface area contributed by atoms with Crippen LogP contribution in [-0.2, 0) is 4.79 Å². The van der Waals surface area contributed by atoms with Gasteiger partial charge in [-0.05, 0) is 152 Å². The number of carbonyl (C=O) groups excluding carboxylic acids is 1. The molecular formula is C56H70BrF17N2O2. The number of carbonyl (C=O) groups is 1. The fraction of sp³-hybridized carbons (Fsp3) is 0.768. The van der Waals surface area contributed by atoms with E-state index in [2.05, 4.69) is 67.3 Å². The Morgan fingerprint density at radius 3 is 1.67 bits per heavy atom. The molecule has 0 radical (unpaired) electrons. The second-order valence-electron chi connectivity index (χ2n) is 23.0. The molecule has 1 aliphatic heterocycles. The second kappa shape index (κ2) is 23.7. The first-order valence-corrected chi connectivity index (χ1v) is 27.8. The molecule has 2 N–H and O–H groups in total. The number of rotatable bonds is 12. The number of hydrogen-bond acceptors (Lipinski definition) is 4. The number of fused-ring (bicyclic) bond motifs is 4. The van der Waals surface area contributed by atoms with Gasteiger partial charge in [-0.15, -0.1) is 5.92 Å². The maximum atomic E-state index is 12.9. The van der Waals surface area contributed by atoms with E-state index in [1.165, 1.54) is 93.2 Å². The molecule has 0 spiro atoms. The average Bonchev–Trinajstić information content (AvgIpc) is 3.80. The molecule has 78 heavy (non-hydrogen) atoms. The van der Waals surface area contributed by atoms with E-state index in [1.807, 2.05) is 13.0 Å². The predicted molar refractivity (Wildman–Crippen MR) is 266 cm³/mol. The van der Waals surface area contributed by atoms with Gasteiger partial charge >= 0.3 is 46.5 Å². The van der Waals surface area contributed by atoms with Crippen molar-refractivity contribution in [3.8, 4) is 11.8 Å². The molecule has 5 fully saturated rings. The molecule has 1 aromatic carbocycles. The third-order valence-corrected chi connectivity index (χ3v) is 18.7. The van der Waals surface area contributed by atoms with Gasteiger partial charge in [0.2, 0.25) is 0 Å². The molecular weight excluding hydrogens is 1140 g/mol. The summed E-state index contributed by atoms with van der Waals surface area (Å²) < 4.78 is 212. The lowest BCUT2D eigenvalue weighted by Crippen LogP contribution is -2.74. The average molecular weight is 1210 g/mol. The summed E-state index contributed by atoms with van der Waals surface area (Å²) in [5.41, 5.74) is 5.71. The lowest BCUT2D eigenvalue weighted by atomic mass is 9.51. The van der Waals surface area contributed by atoms with Gasteiger partial charge in [0.05, 0.1) is 0 Å². The number of halogens is 18. The van der Waals surface area contributed by atoms with Crippen LogP contribution in [0.3, 0.4) is 0 Å². The van der Waals surface area contributed by atoms with E-state index < -0.39 is 52.1 Å². The van der Waals surface area contributed by atoms with Gasteiger partial charge in [0.25, 0.3) is 0 Å². The molecule has 6 aliphatic carbocycles. The predicted octanol–water partition coefficient (Wildman–Crippen LogP) is 17.1. The number of piperidine rings is 1. The molecule has 1 unspecified atom stereocenters. The summed E-state index contributed by atoms with van der Waals surface area (Å²) in [4.78, 5) is 7.81. The monoisotopic (exact) mass is 1200 g/mol. The largest absolute Gasteiger partial charge is 0.460 e. The van der Waals surface area contributed by atoms with E-state index >= 15 is 0 Å². The van der Waals surface area contributed by atoms with Gasteiger partial charge in [0.15, 0.2) is 5.78 Å². The zero-order valence-corrected chi connectivity index (χ0v) is 45.7. The molecule has 1 aromatic rings. The number of benzene rings is 1. The van der Waals surface area contributed by atoms with E-state index in [9.17, 15) is 84.5 Å². The first kappa shape index (κ1) is 64.1. The Morgan fingerprint density at radius 1 is 0.679 bits per heavy atom. The van der Waals surface area contributed by atoms with Crippen molar-refractivity contribution < 1.29 is 84.5 Å².